The molecule has 4 N–H and O–H groups in total. The van der Waals surface area contributed by atoms with Crippen molar-refractivity contribution in [3.63, 3.8) is 0 Å². The molecule has 2 amide bonds. The highest BCUT2D eigenvalue weighted by molar-refractivity contribution is 7.99. The van der Waals surface area contributed by atoms with E-state index in [1.165, 1.54) is 0 Å². The molecule has 0 radical (unpaired) electrons. The van der Waals surface area contributed by atoms with E-state index in [9.17, 15) is 19.8 Å². The van der Waals surface area contributed by atoms with Gasteiger partial charge in [-0.25, -0.2) is 9.59 Å². The molecule has 5 aromatic rings. The van der Waals surface area contributed by atoms with Gasteiger partial charge in [-0.05, 0) is 57.6 Å². The highest BCUT2D eigenvalue weighted by atomic mass is 32.2. The van der Waals surface area contributed by atoms with E-state index in [0.717, 1.165) is 43.8 Å². The van der Waals surface area contributed by atoms with Crippen molar-refractivity contribution < 1.29 is 29.3 Å². The second-order valence-electron chi connectivity index (χ2n) is 11.8. The average Bonchev–Trinajstić information content (AvgIpc) is 3.16. The number of aliphatic hydroxyl groups excluding tert-OH is 1. The Kier molecular flexibility index (Phi) is 11.4. The second-order valence-corrected chi connectivity index (χ2v) is 12.9. The maximum Gasteiger partial charge on any atom is 0.335 e. The zero-order valence-corrected chi connectivity index (χ0v) is 27.6. The van der Waals surface area contributed by atoms with Crippen LogP contribution in [0.5, 0.6) is 0 Å². The summed E-state index contributed by atoms with van der Waals surface area (Å²) in [6, 6.07) is 40.3. The number of aromatic carboxylic acids is 1. The molecule has 0 spiro atoms. The van der Waals surface area contributed by atoms with Crippen LogP contribution in [0.3, 0.4) is 0 Å². The Hall–Kier alpha value is -4.93. The zero-order valence-electron chi connectivity index (χ0n) is 26.8. The number of benzene rings is 5. The number of amides is 2. The molecule has 0 saturated carbocycles. The van der Waals surface area contributed by atoms with Crippen LogP contribution >= 0.6 is 11.8 Å². The van der Waals surface area contributed by atoms with Crippen LogP contribution in [0.15, 0.2) is 132 Å². The number of carbonyl (C=O) groups is 2. The standard InChI is InChI=1S/C40H38N2O6S/c43-25-28-10-12-30(13-11-28)37-22-34(26-49-35-20-18-31(19-21-35)38(44)45)47-39(48-37)32-16-14-29(15-17-32)36-9-5-4-8-33(36)24-42-40(46)41-23-27-6-2-1-3-7-27/h1-21,34,37,39,43H,22-26H2,(H,44,45)(H2,41,42,46)/t34-,37+,39+/m1/s1. The van der Waals surface area contributed by atoms with Crippen LogP contribution in [0.2, 0.25) is 0 Å². The highest BCUT2D eigenvalue weighted by Crippen LogP contribution is 2.40. The van der Waals surface area contributed by atoms with Gasteiger partial charge in [0.2, 0.25) is 0 Å². The van der Waals surface area contributed by atoms with E-state index in [0.29, 0.717) is 25.3 Å². The molecule has 0 bridgehead atoms. The number of nitrogens with one attached hydrogen (secondary N) is 2. The molecular weight excluding hydrogens is 637 g/mol. The number of carboxylic acid groups (broad SMARTS) is 1. The van der Waals surface area contributed by atoms with Gasteiger partial charge in [-0.15, -0.1) is 11.8 Å². The molecule has 250 valence electrons. The predicted octanol–water partition coefficient (Wildman–Crippen LogP) is 7.88. The van der Waals surface area contributed by atoms with E-state index in [2.05, 4.69) is 10.6 Å². The van der Waals surface area contributed by atoms with E-state index >= 15 is 0 Å². The smallest absolute Gasteiger partial charge is 0.335 e. The summed E-state index contributed by atoms with van der Waals surface area (Å²) >= 11 is 1.62. The van der Waals surface area contributed by atoms with Crippen molar-refractivity contribution in [2.45, 2.75) is 49.5 Å². The van der Waals surface area contributed by atoms with Crippen LogP contribution in [0.4, 0.5) is 4.79 Å². The van der Waals surface area contributed by atoms with E-state index in [4.69, 9.17) is 9.47 Å². The fourth-order valence-electron chi connectivity index (χ4n) is 5.70. The lowest BCUT2D eigenvalue weighted by Crippen LogP contribution is -2.34. The lowest BCUT2D eigenvalue weighted by atomic mass is 9.98. The van der Waals surface area contributed by atoms with Crippen LogP contribution < -0.4 is 10.6 Å². The Morgan fingerprint density at radius 3 is 2.10 bits per heavy atom. The SMILES string of the molecule is O=C(NCc1ccccc1)NCc1ccccc1-c1ccc([C@H]2O[C@@H](CSc3ccc(C(=O)O)cc3)C[C@@H](c3ccc(CO)cc3)O2)cc1. The third-order valence-corrected chi connectivity index (χ3v) is 9.54. The van der Waals surface area contributed by atoms with Crippen LogP contribution in [-0.4, -0.2) is 34.1 Å². The number of rotatable bonds is 12. The summed E-state index contributed by atoms with van der Waals surface area (Å²) in [5.41, 5.74) is 7.05. The average molecular weight is 675 g/mol. The van der Waals surface area contributed by atoms with Gasteiger partial charge in [0.1, 0.15) is 0 Å². The number of hydrogen-bond donors (Lipinski definition) is 4. The number of ether oxygens (including phenoxy) is 2. The number of hydrogen-bond acceptors (Lipinski definition) is 6. The van der Waals surface area contributed by atoms with Gasteiger partial charge in [0.05, 0.1) is 24.4 Å². The Morgan fingerprint density at radius 2 is 1.39 bits per heavy atom. The monoisotopic (exact) mass is 674 g/mol. The summed E-state index contributed by atoms with van der Waals surface area (Å²) in [7, 11) is 0. The summed E-state index contributed by atoms with van der Waals surface area (Å²) in [6.07, 6.45) is -0.307. The van der Waals surface area contributed by atoms with E-state index in [1.54, 1.807) is 23.9 Å². The topological polar surface area (TPSA) is 117 Å². The molecule has 8 nitrogen and oxygen atoms in total. The summed E-state index contributed by atoms with van der Waals surface area (Å²) < 4.78 is 13.0. The van der Waals surface area contributed by atoms with Gasteiger partial charge in [0.15, 0.2) is 6.29 Å². The molecule has 1 aliphatic heterocycles. The summed E-state index contributed by atoms with van der Waals surface area (Å²) in [6.45, 7) is 0.808. The van der Waals surface area contributed by atoms with Crippen molar-refractivity contribution in [2.24, 2.45) is 0 Å². The Bertz CT molecular complexity index is 1830. The quantitative estimate of drug-likeness (QED) is 0.0995. The number of urea groups is 1. The first-order valence-electron chi connectivity index (χ1n) is 16.2. The molecule has 3 atom stereocenters. The fraction of sp³-hybridized carbons (Fsp3) is 0.200. The second kappa shape index (κ2) is 16.5. The van der Waals surface area contributed by atoms with Gasteiger partial charge in [-0.2, -0.15) is 0 Å². The largest absolute Gasteiger partial charge is 0.478 e. The first kappa shape index (κ1) is 34.0. The van der Waals surface area contributed by atoms with Gasteiger partial charge < -0.3 is 30.3 Å². The van der Waals surface area contributed by atoms with Gasteiger partial charge in [0, 0.05) is 35.7 Å². The molecule has 1 fully saturated rings. The summed E-state index contributed by atoms with van der Waals surface area (Å²) in [5.74, 6) is -0.287. The van der Waals surface area contributed by atoms with Gasteiger partial charge >= 0.3 is 12.0 Å². The lowest BCUT2D eigenvalue weighted by Gasteiger charge is -2.36. The van der Waals surface area contributed by atoms with Crippen molar-refractivity contribution >= 4 is 23.8 Å². The number of carbonyl (C=O) groups excluding carboxylic acids is 1. The number of aliphatic hydroxyl groups is 1. The lowest BCUT2D eigenvalue weighted by molar-refractivity contribution is -0.245. The number of carboxylic acids is 1. The highest BCUT2D eigenvalue weighted by Gasteiger charge is 2.32. The zero-order chi connectivity index (χ0) is 34.0. The molecule has 0 aromatic heterocycles. The molecule has 1 aliphatic rings. The fourth-order valence-corrected chi connectivity index (χ4v) is 6.62. The Labute approximate surface area is 290 Å². The van der Waals surface area contributed by atoms with E-state index < -0.39 is 12.3 Å². The van der Waals surface area contributed by atoms with Crippen molar-refractivity contribution in [2.75, 3.05) is 5.75 Å². The summed E-state index contributed by atoms with van der Waals surface area (Å²) in [4.78, 5) is 24.8. The molecule has 6 rings (SSSR count). The molecule has 0 unspecified atom stereocenters. The van der Waals surface area contributed by atoms with Crippen molar-refractivity contribution in [1.29, 1.82) is 0 Å². The molecule has 5 aromatic carbocycles. The molecule has 1 heterocycles. The van der Waals surface area contributed by atoms with Gasteiger partial charge in [-0.3, -0.25) is 0 Å². The minimum absolute atomic E-state index is 0.0233. The molecule has 1 saturated heterocycles. The Balaban J connectivity index is 1.14. The predicted molar refractivity (Wildman–Crippen MR) is 190 cm³/mol. The van der Waals surface area contributed by atoms with Crippen molar-refractivity contribution in [3.05, 3.63) is 161 Å². The van der Waals surface area contributed by atoms with E-state index in [1.807, 2.05) is 115 Å². The van der Waals surface area contributed by atoms with Gasteiger partial charge in [0.25, 0.3) is 0 Å². The third-order valence-electron chi connectivity index (χ3n) is 8.40. The summed E-state index contributed by atoms with van der Waals surface area (Å²) in [5, 5.41) is 24.6. The van der Waals surface area contributed by atoms with Crippen molar-refractivity contribution in [1.82, 2.24) is 10.6 Å². The minimum atomic E-state index is -0.949. The van der Waals surface area contributed by atoms with Crippen LogP contribution in [0, 0.1) is 0 Å². The van der Waals surface area contributed by atoms with Crippen LogP contribution in [-0.2, 0) is 29.2 Å². The van der Waals surface area contributed by atoms with Crippen LogP contribution in [0.1, 0.15) is 57.0 Å². The van der Waals surface area contributed by atoms with Crippen LogP contribution in [0.25, 0.3) is 11.1 Å². The number of thioether (sulfide) groups is 1. The molecule has 49 heavy (non-hydrogen) atoms. The van der Waals surface area contributed by atoms with Gasteiger partial charge in [-0.1, -0.05) is 103 Å². The first-order chi connectivity index (χ1) is 23.9. The maximum atomic E-state index is 12.5. The third kappa shape index (κ3) is 9.16. The molecule has 9 heteroatoms. The Morgan fingerprint density at radius 1 is 0.714 bits per heavy atom. The minimum Gasteiger partial charge on any atom is -0.478 e. The molecular formula is C40H38N2O6S. The van der Waals surface area contributed by atoms with Crippen molar-refractivity contribution in [3.8, 4) is 11.1 Å². The maximum absolute atomic E-state index is 12.5. The normalized spacial score (nSPS) is 17.3. The van der Waals surface area contributed by atoms with E-state index in [-0.39, 0.29) is 30.4 Å². The first-order valence-corrected chi connectivity index (χ1v) is 17.1. The molecule has 0 aliphatic carbocycles.